The molecule has 1 aromatic carbocycles. The van der Waals surface area contributed by atoms with Gasteiger partial charge in [-0.3, -0.25) is 9.59 Å². The lowest BCUT2D eigenvalue weighted by Crippen LogP contribution is -2.28. The molecule has 0 aliphatic carbocycles. The van der Waals surface area contributed by atoms with Gasteiger partial charge in [-0.25, -0.2) is 0 Å². The van der Waals surface area contributed by atoms with E-state index >= 15 is 0 Å². The van der Waals surface area contributed by atoms with Crippen molar-refractivity contribution in [1.29, 1.82) is 0 Å². The monoisotopic (exact) mass is 313 g/mol. The van der Waals surface area contributed by atoms with Crippen molar-refractivity contribution in [2.24, 2.45) is 5.92 Å². The van der Waals surface area contributed by atoms with Crippen LogP contribution in [0.15, 0.2) is 34.9 Å². The van der Waals surface area contributed by atoms with Gasteiger partial charge in [0.15, 0.2) is 5.82 Å². The second-order valence-corrected chi connectivity index (χ2v) is 5.74. The van der Waals surface area contributed by atoms with Crippen LogP contribution in [0.4, 0.5) is 11.5 Å². The van der Waals surface area contributed by atoms with Crippen LogP contribution in [0.2, 0.25) is 0 Å². The fourth-order valence-electron chi connectivity index (χ4n) is 2.70. The average Bonchev–Trinajstić information content (AvgIpc) is 3.13. The van der Waals surface area contributed by atoms with Gasteiger partial charge in [0.25, 0.3) is 0 Å². The third kappa shape index (κ3) is 3.26. The maximum absolute atomic E-state index is 12.3. The first-order chi connectivity index (χ1) is 11.1. The number of benzene rings is 1. The van der Waals surface area contributed by atoms with Crippen LogP contribution >= 0.6 is 0 Å². The van der Waals surface area contributed by atoms with E-state index < -0.39 is 0 Å². The molecule has 0 saturated carbocycles. The van der Waals surface area contributed by atoms with E-state index in [1.54, 1.807) is 17.9 Å². The molecule has 3 rings (SSSR count). The number of nitrogens with one attached hydrogen (secondary N) is 1. The van der Waals surface area contributed by atoms with E-state index in [-0.39, 0.29) is 24.2 Å². The number of nitrogens with zero attached hydrogens (tertiary/aromatic N) is 2. The van der Waals surface area contributed by atoms with Gasteiger partial charge in [-0.05, 0) is 31.0 Å². The van der Waals surface area contributed by atoms with Crippen LogP contribution in [0.25, 0.3) is 0 Å². The van der Waals surface area contributed by atoms with Crippen LogP contribution < -0.4 is 10.2 Å². The molecule has 1 N–H and O–H groups in total. The minimum atomic E-state index is -0.384. The number of hydrogen-bond acceptors (Lipinski definition) is 4. The fraction of sp³-hybridized carbons (Fsp3) is 0.353. The zero-order chi connectivity index (χ0) is 16.4. The van der Waals surface area contributed by atoms with Crippen molar-refractivity contribution < 1.29 is 14.1 Å². The Morgan fingerprint density at radius 1 is 1.39 bits per heavy atom. The molecule has 1 fully saturated rings. The molecular formula is C17H19N3O3. The van der Waals surface area contributed by atoms with Gasteiger partial charge in [0, 0.05) is 24.7 Å². The van der Waals surface area contributed by atoms with E-state index in [0.29, 0.717) is 18.1 Å². The maximum Gasteiger partial charge on any atom is 0.231 e. The second-order valence-electron chi connectivity index (χ2n) is 5.74. The SMILES string of the molecule is CCc1ccc(N2C[C@@H](C(=O)Nc3cc(C)on3)CC2=O)cc1. The average molecular weight is 313 g/mol. The van der Waals surface area contributed by atoms with Crippen molar-refractivity contribution in [3.05, 3.63) is 41.7 Å². The molecule has 1 aromatic heterocycles. The third-order valence-electron chi connectivity index (χ3n) is 4.03. The summed E-state index contributed by atoms with van der Waals surface area (Å²) in [6.07, 6.45) is 1.16. The number of amides is 2. The lowest BCUT2D eigenvalue weighted by atomic mass is 10.1. The van der Waals surface area contributed by atoms with Crippen molar-refractivity contribution >= 4 is 23.3 Å². The Kier molecular flexibility index (Phi) is 4.14. The van der Waals surface area contributed by atoms with Crippen molar-refractivity contribution in [2.75, 3.05) is 16.8 Å². The number of anilines is 2. The summed E-state index contributed by atoms with van der Waals surface area (Å²) < 4.78 is 4.92. The number of carbonyl (C=O) groups is 2. The summed E-state index contributed by atoms with van der Waals surface area (Å²) >= 11 is 0. The molecule has 120 valence electrons. The zero-order valence-electron chi connectivity index (χ0n) is 13.2. The van der Waals surface area contributed by atoms with Crippen LogP contribution in [0.5, 0.6) is 0 Å². The molecule has 2 aromatic rings. The predicted molar refractivity (Wildman–Crippen MR) is 86.1 cm³/mol. The topological polar surface area (TPSA) is 75.4 Å². The van der Waals surface area contributed by atoms with E-state index in [9.17, 15) is 9.59 Å². The highest BCUT2D eigenvalue weighted by atomic mass is 16.5. The summed E-state index contributed by atoms with van der Waals surface area (Å²) in [7, 11) is 0. The quantitative estimate of drug-likeness (QED) is 0.941. The molecule has 2 amide bonds. The number of hydrogen-bond donors (Lipinski definition) is 1. The first-order valence-corrected chi connectivity index (χ1v) is 7.70. The van der Waals surface area contributed by atoms with Crippen LogP contribution in [0.1, 0.15) is 24.7 Å². The summed E-state index contributed by atoms with van der Waals surface area (Å²) in [6.45, 7) is 4.22. The molecule has 0 radical (unpaired) electrons. The molecule has 1 aliphatic heterocycles. The van der Waals surface area contributed by atoms with Crippen molar-refractivity contribution in [2.45, 2.75) is 26.7 Å². The van der Waals surface area contributed by atoms with Crippen LogP contribution in [0, 0.1) is 12.8 Å². The Labute approximate surface area is 134 Å². The Morgan fingerprint density at radius 3 is 2.74 bits per heavy atom. The first-order valence-electron chi connectivity index (χ1n) is 7.70. The second kappa shape index (κ2) is 6.24. The standard InChI is InChI=1S/C17H19N3O3/c1-3-12-4-6-14(7-5-12)20-10-13(9-16(20)21)17(22)18-15-8-11(2)23-19-15/h4-8,13H,3,9-10H2,1-2H3,(H,18,19,22)/t13-/m0/s1. The molecule has 6 heteroatoms. The van der Waals surface area contributed by atoms with Gasteiger partial charge in [-0.1, -0.05) is 24.2 Å². The lowest BCUT2D eigenvalue weighted by molar-refractivity contribution is -0.122. The maximum atomic E-state index is 12.3. The van der Waals surface area contributed by atoms with Crippen molar-refractivity contribution in [3.8, 4) is 0 Å². The molecule has 1 atom stereocenters. The molecule has 6 nitrogen and oxygen atoms in total. The number of carbonyl (C=O) groups excluding carboxylic acids is 2. The number of aromatic nitrogens is 1. The van der Waals surface area contributed by atoms with Gasteiger partial charge in [0.05, 0.1) is 5.92 Å². The molecular weight excluding hydrogens is 294 g/mol. The third-order valence-corrected chi connectivity index (χ3v) is 4.03. The molecule has 1 saturated heterocycles. The summed E-state index contributed by atoms with van der Waals surface area (Å²) in [4.78, 5) is 26.2. The van der Waals surface area contributed by atoms with Gasteiger partial charge in [0.1, 0.15) is 5.76 Å². The van der Waals surface area contributed by atoms with Crippen LogP contribution in [-0.2, 0) is 16.0 Å². The predicted octanol–water partition coefficient (Wildman–Crippen LogP) is 2.54. The highest BCUT2D eigenvalue weighted by Gasteiger charge is 2.35. The fourth-order valence-corrected chi connectivity index (χ4v) is 2.70. The first kappa shape index (κ1) is 15.3. The molecule has 1 aliphatic rings. The van der Waals surface area contributed by atoms with Crippen LogP contribution in [0.3, 0.4) is 0 Å². The Morgan fingerprint density at radius 2 is 2.13 bits per heavy atom. The normalized spacial score (nSPS) is 17.6. The van der Waals surface area contributed by atoms with E-state index in [1.165, 1.54) is 5.56 Å². The molecule has 2 heterocycles. The Hall–Kier alpha value is -2.63. The largest absolute Gasteiger partial charge is 0.360 e. The van der Waals surface area contributed by atoms with E-state index in [1.807, 2.05) is 24.3 Å². The highest BCUT2D eigenvalue weighted by molar-refractivity contribution is 6.03. The van der Waals surface area contributed by atoms with Crippen molar-refractivity contribution in [1.82, 2.24) is 5.16 Å². The molecule has 0 bridgehead atoms. The smallest absolute Gasteiger partial charge is 0.231 e. The van der Waals surface area contributed by atoms with Gasteiger partial charge in [-0.2, -0.15) is 0 Å². The van der Waals surface area contributed by atoms with Crippen LogP contribution in [-0.4, -0.2) is 23.5 Å². The van der Waals surface area contributed by atoms with Gasteiger partial charge >= 0.3 is 0 Å². The minimum absolute atomic E-state index is 0.0364. The van der Waals surface area contributed by atoms with Gasteiger partial charge in [-0.15, -0.1) is 0 Å². The molecule has 23 heavy (non-hydrogen) atoms. The minimum Gasteiger partial charge on any atom is -0.360 e. The zero-order valence-corrected chi connectivity index (χ0v) is 13.2. The number of rotatable bonds is 4. The number of aryl methyl sites for hydroxylation is 2. The van der Waals surface area contributed by atoms with E-state index in [0.717, 1.165) is 12.1 Å². The molecule has 0 unspecified atom stereocenters. The summed E-state index contributed by atoms with van der Waals surface area (Å²) in [5, 5.41) is 6.43. The molecule has 0 spiro atoms. The Bertz CT molecular complexity index is 721. The van der Waals surface area contributed by atoms with Gasteiger partial charge in [0.2, 0.25) is 11.8 Å². The summed E-state index contributed by atoms with van der Waals surface area (Å²) in [5.74, 6) is 0.376. The van der Waals surface area contributed by atoms with Crippen molar-refractivity contribution in [3.63, 3.8) is 0 Å². The van der Waals surface area contributed by atoms with E-state index in [4.69, 9.17) is 4.52 Å². The lowest BCUT2D eigenvalue weighted by Gasteiger charge is -2.17. The summed E-state index contributed by atoms with van der Waals surface area (Å²) in [6, 6.07) is 9.52. The van der Waals surface area contributed by atoms with Gasteiger partial charge < -0.3 is 14.7 Å². The highest BCUT2D eigenvalue weighted by Crippen LogP contribution is 2.26. The van der Waals surface area contributed by atoms with E-state index in [2.05, 4.69) is 17.4 Å². The Balaban J connectivity index is 1.67. The summed E-state index contributed by atoms with van der Waals surface area (Å²) in [5.41, 5.74) is 2.05.